The first-order valence-corrected chi connectivity index (χ1v) is 13.5. The van der Waals surface area contributed by atoms with E-state index in [1.807, 2.05) is 43.5 Å². The van der Waals surface area contributed by atoms with Crippen molar-refractivity contribution >= 4 is 39.9 Å². The Morgan fingerprint density at radius 3 is 2.77 bits per heavy atom. The van der Waals surface area contributed by atoms with Gasteiger partial charge in [0.2, 0.25) is 5.91 Å². The van der Waals surface area contributed by atoms with Crippen LogP contribution in [0.2, 0.25) is 0 Å². The van der Waals surface area contributed by atoms with Crippen LogP contribution in [0, 0.1) is 18.3 Å². The molecule has 1 aromatic carbocycles. The van der Waals surface area contributed by atoms with Gasteiger partial charge >= 0.3 is 0 Å². The third kappa shape index (κ3) is 5.41. The van der Waals surface area contributed by atoms with E-state index in [-0.39, 0.29) is 23.6 Å². The number of nitrogens with one attached hydrogen (secondary N) is 2. The number of amides is 2. The van der Waals surface area contributed by atoms with Crippen molar-refractivity contribution in [3.8, 4) is 6.07 Å². The van der Waals surface area contributed by atoms with Gasteiger partial charge in [0.15, 0.2) is 11.0 Å². The molecular weight excluding hydrogens is 480 g/mol. The zero-order valence-corrected chi connectivity index (χ0v) is 21.7. The molecule has 2 heterocycles. The fourth-order valence-electron chi connectivity index (χ4n) is 4.26. The molecule has 8 nitrogen and oxygen atoms in total. The maximum absolute atomic E-state index is 12.7. The van der Waals surface area contributed by atoms with E-state index in [1.165, 1.54) is 28.0 Å². The van der Waals surface area contributed by atoms with Gasteiger partial charge in [0, 0.05) is 17.0 Å². The van der Waals surface area contributed by atoms with E-state index in [1.54, 1.807) is 6.07 Å². The van der Waals surface area contributed by atoms with E-state index < -0.39 is 0 Å². The highest BCUT2D eigenvalue weighted by molar-refractivity contribution is 7.99. The minimum absolute atomic E-state index is 0.148. The van der Waals surface area contributed by atoms with Crippen LogP contribution in [0.4, 0.5) is 5.00 Å². The van der Waals surface area contributed by atoms with Gasteiger partial charge in [-0.15, -0.1) is 21.5 Å². The normalized spacial score (nSPS) is 13.5. The maximum Gasteiger partial charge on any atom is 0.252 e. The third-order valence-electron chi connectivity index (χ3n) is 6.05. The molecule has 0 saturated heterocycles. The number of nitrogens with zero attached hydrogens (tertiary/aromatic N) is 4. The third-order valence-corrected chi connectivity index (χ3v) is 8.23. The van der Waals surface area contributed by atoms with E-state index in [2.05, 4.69) is 26.9 Å². The highest BCUT2D eigenvalue weighted by Crippen LogP contribution is 2.37. The molecule has 2 aromatic heterocycles. The van der Waals surface area contributed by atoms with Gasteiger partial charge in [0.05, 0.1) is 17.4 Å². The van der Waals surface area contributed by atoms with E-state index in [4.69, 9.17) is 0 Å². The smallest absolute Gasteiger partial charge is 0.252 e. The van der Waals surface area contributed by atoms with Gasteiger partial charge < -0.3 is 15.2 Å². The molecule has 3 aromatic rings. The molecule has 0 fully saturated rings. The minimum Gasteiger partial charge on any atom is -0.342 e. The summed E-state index contributed by atoms with van der Waals surface area (Å²) >= 11 is 2.81. The number of aromatic nitrogens is 3. The fourth-order valence-corrected chi connectivity index (χ4v) is 6.32. The number of aryl methyl sites for hydroxylation is 2. The summed E-state index contributed by atoms with van der Waals surface area (Å²) in [5.41, 5.74) is 3.24. The monoisotopic (exact) mass is 508 g/mol. The number of hydrogen-bond acceptors (Lipinski definition) is 7. The summed E-state index contributed by atoms with van der Waals surface area (Å²) in [6.45, 7) is 6.35. The van der Waals surface area contributed by atoms with Gasteiger partial charge in [-0.3, -0.25) is 9.59 Å². The van der Waals surface area contributed by atoms with Crippen LogP contribution >= 0.6 is 23.1 Å². The van der Waals surface area contributed by atoms with Crippen molar-refractivity contribution < 1.29 is 9.59 Å². The lowest BCUT2D eigenvalue weighted by atomic mass is 9.96. The number of fused-ring (bicyclic) bond motifs is 1. The molecule has 182 valence electrons. The molecule has 2 N–H and O–H groups in total. The second-order valence-corrected chi connectivity index (χ2v) is 10.5. The molecule has 2 amide bonds. The van der Waals surface area contributed by atoms with E-state index in [9.17, 15) is 14.9 Å². The van der Waals surface area contributed by atoms with E-state index in [0.717, 1.165) is 36.8 Å². The van der Waals surface area contributed by atoms with Gasteiger partial charge in [-0.2, -0.15) is 5.26 Å². The molecule has 1 aliphatic carbocycles. The lowest BCUT2D eigenvalue weighted by molar-refractivity contribution is -0.113. The molecule has 35 heavy (non-hydrogen) atoms. The van der Waals surface area contributed by atoms with Crippen molar-refractivity contribution in [3.05, 3.63) is 57.2 Å². The zero-order chi connectivity index (χ0) is 24.9. The number of anilines is 1. The highest BCUT2D eigenvalue weighted by Gasteiger charge is 2.23. The van der Waals surface area contributed by atoms with Gasteiger partial charge in [-0.25, -0.2) is 0 Å². The molecule has 0 unspecified atom stereocenters. The number of benzene rings is 1. The van der Waals surface area contributed by atoms with Crippen molar-refractivity contribution in [2.45, 2.75) is 64.2 Å². The predicted octanol–water partition coefficient (Wildman–Crippen LogP) is 4.64. The van der Waals surface area contributed by atoms with Crippen LogP contribution in [-0.4, -0.2) is 32.3 Å². The molecular formula is C25H28N6O2S2. The van der Waals surface area contributed by atoms with Crippen LogP contribution in [0.15, 0.2) is 29.4 Å². The maximum atomic E-state index is 12.7. The summed E-state index contributed by atoms with van der Waals surface area (Å²) in [6.07, 6.45) is 4.08. The van der Waals surface area contributed by atoms with Crippen LogP contribution in [0.5, 0.6) is 0 Å². The molecule has 0 radical (unpaired) electrons. The summed E-state index contributed by atoms with van der Waals surface area (Å²) in [4.78, 5) is 26.6. The largest absolute Gasteiger partial charge is 0.342 e. The second kappa shape index (κ2) is 11.1. The topological polar surface area (TPSA) is 113 Å². The van der Waals surface area contributed by atoms with Crippen LogP contribution in [-0.2, 0) is 24.2 Å². The summed E-state index contributed by atoms with van der Waals surface area (Å²) in [5.74, 6) is 0.435. The van der Waals surface area contributed by atoms with Crippen molar-refractivity contribution in [2.24, 2.45) is 0 Å². The predicted molar refractivity (Wildman–Crippen MR) is 138 cm³/mol. The van der Waals surface area contributed by atoms with Crippen molar-refractivity contribution in [1.29, 1.82) is 5.26 Å². The Morgan fingerprint density at radius 2 is 2.03 bits per heavy atom. The van der Waals surface area contributed by atoms with Crippen LogP contribution in [0.1, 0.15) is 70.5 Å². The van der Waals surface area contributed by atoms with Crippen LogP contribution < -0.4 is 10.6 Å². The number of carbonyl (C=O) groups is 2. The molecule has 1 atom stereocenters. The number of nitriles is 1. The Balaban J connectivity index is 1.40. The highest BCUT2D eigenvalue weighted by atomic mass is 32.2. The first kappa shape index (κ1) is 24.9. The van der Waals surface area contributed by atoms with Gasteiger partial charge in [-0.05, 0) is 63.6 Å². The summed E-state index contributed by atoms with van der Waals surface area (Å²) in [7, 11) is 0. The van der Waals surface area contributed by atoms with E-state index in [0.29, 0.717) is 33.7 Å². The number of hydrogen-bond donors (Lipinski definition) is 2. The Hall–Kier alpha value is -3.16. The summed E-state index contributed by atoms with van der Waals surface area (Å²) in [6, 6.07) is 9.36. The Morgan fingerprint density at radius 1 is 1.26 bits per heavy atom. The van der Waals surface area contributed by atoms with Crippen LogP contribution in [0.3, 0.4) is 0 Å². The quantitative estimate of drug-likeness (QED) is 0.429. The summed E-state index contributed by atoms with van der Waals surface area (Å²) in [5, 5.41) is 25.3. The molecule has 4 rings (SSSR count). The molecule has 1 aliphatic rings. The van der Waals surface area contributed by atoms with E-state index >= 15 is 0 Å². The van der Waals surface area contributed by atoms with Crippen LogP contribution in [0.25, 0.3) is 0 Å². The Labute approximate surface area is 213 Å². The second-order valence-electron chi connectivity index (χ2n) is 8.46. The van der Waals surface area contributed by atoms with Gasteiger partial charge in [0.25, 0.3) is 5.91 Å². The van der Waals surface area contributed by atoms with Crippen molar-refractivity contribution in [1.82, 2.24) is 20.1 Å². The molecule has 0 spiro atoms. The molecule has 0 aliphatic heterocycles. The standard InChI is InChI=1S/C25H28N6O2S2/c1-4-31-22(16(3)27-23(33)17-10-6-5-9-15(17)2)29-30-25(31)34-14-21(32)28-24-19(13-26)18-11-7-8-12-20(18)35-24/h5-6,9-10,16H,4,7-8,11-12,14H2,1-3H3,(H,27,33)(H,28,32)/t16-/m1/s1. The first-order valence-electron chi connectivity index (χ1n) is 11.7. The number of carbonyl (C=O) groups excluding carboxylic acids is 2. The molecule has 0 saturated carbocycles. The lowest BCUT2D eigenvalue weighted by Gasteiger charge is -2.16. The minimum atomic E-state index is -0.353. The first-order chi connectivity index (χ1) is 16.9. The van der Waals surface area contributed by atoms with Gasteiger partial charge in [0.1, 0.15) is 11.1 Å². The molecule has 10 heteroatoms. The Kier molecular flexibility index (Phi) is 7.88. The SMILES string of the molecule is CCn1c(SCC(=O)Nc2sc3c(c2C#N)CCCC3)nnc1[C@@H](C)NC(=O)c1ccccc1C. The number of thioether (sulfide) groups is 1. The average Bonchev–Trinajstić information content (AvgIpc) is 3.43. The lowest BCUT2D eigenvalue weighted by Crippen LogP contribution is -2.29. The van der Waals surface area contributed by atoms with Crippen molar-refractivity contribution in [2.75, 3.05) is 11.1 Å². The van der Waals surface area contributed by atoms with Crippen molar-refractivity contribution in [3.63, 3.8) is 0 Å². The Bertz CT molecular complexity index is 1290. The fraction of sp³-hybridized carbons (Fsp3) is 0.400. The van der Waals surface area contributed by atoms with Gasteiger partial charge in [-0.1, -0.05) is 30.0 Å². The average molecular weight is 509 g/mol. The summed E-state index contributed by atoms with van der Waals surface area (Å²) < 4.78 is 1.91. The zero-order valence-electron chi connectivity index (χ0n) is 20.1. The number of thiophene rings is 1. The number of rotatable bonds is 8. The molecule has 0 bridgehead atoms.